The van der Waals surface area contributed by atoms with Crippen LogP contribution in [-0.4, -0.2) is 54.9 Å². The van der Waals surface area contributed by atoms with Crippen molar-refractivity contribution in [2.45, 2.75) is 32.3 Å². The molecule has 6 heteroatoms. The van der Waals surface area contributed by atoms with Crippen LogP contribution >= 0.6 is 0 Å². The van der Waals surface area contributed by atoms with E-state index in [2.05, 4.69) is 10.2 Å². The molecule has 138 valence electrons. The summed E-state index contributed by atoms with van der Waals surface area (Å²) in [5.74, 6) is 0.512. The van der Waals surface area contributed by atoms with E-state index in [1.807, 2.05) is 24.0 Å². The standard InChI is InChI=1S/C19H28FN3O2/c1-14(24)16-7-10-22(11-8-16)19(25)21-12-15-6-9-23(13-15)18-4-2-17(20)3-5-18/h2-5,14-16,24H,6-13H2,1H3,(H,21,25). The highest BCUT2D eigenvalue weighted by Gasteiger charge is 2.27. The minimum atomic E-state index is -0.291. The minimum absolute atomic E-state index is 0.00396. The summed E-state index contributed by atoms with van der Waals surface area (Å²) in [4.78, 5) is 16.4. The predicted octanol–water partition coefficient (Wildman–Crippen LogP) is 2.45. The quantitative estimate of drug-likeness (QED) is 0.878. The summed E-state index contributed by atoms with van der Waals surface area (Å²) in [5, 5.41) is 12.7. The number of piperidine rings is 1. The number of aliphatic hydroxyl groups is 1. The van der Waals surface area contributed by atoms with Crippen molar-refractivity contribution in [3.63, 3.8) is 0 Å². The number of carbonyl (C=O) groups excluding carboxylic acids is 1. The number of urea groups is 1. The van der Waals surface area contributed by atoms with Crippen LogP contribution in [0.2, 0.25) is 0 Å². The van der Waals surface area contributed by atoms with Gasteiger partial charge in [0.1, 0.15) is 5.82 Å². The highest BCUT2D eigenvalue weighted by atomic mass is 19.1. The van der Waals surface area contributed by atoms with E-state index in [1.54, 1.807) is 0 Å². The van der Waals surface area contributed by atoms with Crippen molar-refractivity contribution in [1.82, 2.24) is 10.2 Å². The second-order valence-electron chi connectivity index (χ2n) is 7.33. The molecule has 2 atom stereocenters. The summed E-state index contributed by atoms with van der Waals surface area (Å²) in [5.41, 5.74) is 1.04. The fraction of sp³-hybridized carbons (Fsp3) is 0.632. The lowest BCUT2D eigenvalue weighted by Gasteiger charge is -2.33. The zero-order chi connectivity index (χ0) is 17.8. The Balaban J connectivity index is 1.41. The third kappa shape index (κ3) is 4.63. The zero-order valence-electron chi connectivity index (χ0n) is 14.8. The van der Waals surface area contributed by atoms with Gasteiger partial charge in [-0.1, -0.05) is 0 Å². The summed E-state index contributed by atoms with van der Waals surface area (Å²) < 4.78 is 13.0. The van der Waals surface area contributed by atoms with Gasteiger partial charge >= 0.3 is 6.03 Å². The lowest BCUT2D eigenvalue weighted by Crippen LogP contribution is -2.46. The van der Waals surface area contributed by atoms with Crippen LogP contribution in [0.25, 0.3) is 0 Å². The number of nitrogens with one attached hydrogen (secondary N) is 1. The van der Waals surface area contributed by atoms with Crippen molar-refractivity contribution in [3.05, 3.63) is 30.1 Å². The third-order valence-electron chi connectivity index (χ3n) is 5.53. The van der Waals surface area contributed by atoms with E-state index in [4.69, 9.17) is 0 Å². The van der Waals surface area contributed by atoms with E-state index in [9.17, 15) is 14.3 Å². The maximum Gasteiger partial charge on any atom is 0.317 e. The Morgan fingerprint density at radius 3 is 2.56 bits per heavy atom. The van der Waals surface area contributed by atoms with Crippen LogP contribution in [0.5, 0.6) is 0 Å². The first-order chi connectivity index (χ1) is 12.0. The number of likely N-dealkylation sites (tertiary alicyclic amines) is 1. The number of rotatable bonds is 4. The molecule has 2 saturated heterocycles. The molecular weight excluding hydrogens is 321 g/mol. The first-order valence-electron chi connectivity index (χ1n) is 9.24. The summed E-state index contributed by atoms with van der Waals surface area (Å²) in [7, 11) is 0. The maximum atomic E-state index is 13.0. The van der Waals surface area contributed by atoms with Crippen LogP contribution in [-0.2, 0) is 0 Å². The molecule has 2 amide bonds. The highest BCUT2D eigenvalue weighted by Crippen LogP contribution is 2.24. The number of anilines is 1. The van der Waals surface area contributed by atoms with Gasteiger partial charge in [0.25, 0.3) is 0 Å². The van der Waals surface area contributed by atoms with Gasteiger partial charge in [0.05, 0.1) is 6.10 Å². The van der Waals surface area contributed by atoms with Crippen LogP contribution < -0.4 is 10.2 Å². The van der Waals surface area contributed by atoms with Crippen molar-refractivity contribution < 1.29 is 14.3 Å². The van der Waals surface area contributed by atoms with Gasteiger partial charge in [-0.05, 0) is 62.3 Å². The highest BCUT2D eigenvalue weighted by molar-refractivity contribution is 5.74. The van der Waals surface area contributed by atoms with E-state index in [0.29, 0.717) is 31.5 Å². The van der Waals surface area contributed by atoms with Gasteiger partial charge in [-0.3, -0.25) is 0 Å². The topological polar surface area (TPSA) is 55.8 Å². The molecule has 0 radical (unpaired) electrons. The number of amides is 2. The molecule has 0 aliphatic carbocycles. The van der Waals surface area contributed by atoms with E-state index in [-0.39, 0.29) is 18.0 Å². The Morgan fingerprint density at radius 1 is 1.24 bits per heavy atom. The molecule has 1 aromatic rings. The zero-order valence-corrected chi connectivity index (χ0v) is 14.8. The normalized spacial score (nSPS) is 22.9. The molecule has 0 aromatic heterocycles. The number of halogens is 1. The monoisotopic (exact) mass is 349 g/mol. The SMILES string of the molecule is CC(O)C1CCN(C(=O)NCC2CCN(c3ccc(F)cc3)C2)CC1. The van der Waals surface area contributed by atoms with Crippen molar-refractivity contribution >= 4 is 11.7 Å². The average molecular weight is 349 g/mol. The van der Waals surface area contributed by atoms with Crippen LogP contribution in [0, 0.1) is 17.7 Å². The van der Waals surface area contributed by atoms with E-state index in [0.717, 1.165) is 38.0 Å². The number of nitrogens with zero attached hydrogens (tertiary/aromatic N) is 2. The first kappa shape index (κ1) is 18.0. The van der Waals surface area contributed by atoms with Crippen LogP contribution in [0.4, 0.5) is 14.9 Å². The largest absolute Gasteiger partial charge is 0.393 e. The molecule has 1 aromatic carbocycles. The second kappa shape index (κ2) is 8.04. The van der Waals surface area contributed by atoms with Crippen LogP contribution in [0.15, 0.2) is 24.3 Å². The fourth-order valence-electron chi connectivity index (χ4n) is 3.81. The number of hydrogen-bond acceptors (Lipinski definition) is 3. The average Bonchev–Trinajstić information content (AvgIpc) is 3.09. The minimum Gasteiger partial charge on any atom is -0.393 e. The molecule has 2 N–H and O–H groups in total. The van der Waals surface area contributed by atoms with E-state index < -0.39 is 0 Å². The Labute approximate surface area is 148 Å². The van der Waals surface area contributed by atoms with Crippen LogP contribution in [0.3, 0.4) is 0 Å². The Bertz CT molecular complexity index is 571. The molecule has 2 heterocycles. The molecular formula is C19H28FN3O2. The van der Waals surface area contributed by atoms with Crippen molar-refractivity contribution in [2.24, 2.45) is 11.8 Å². The Hall–Kier alpha value is -1.82. The lowest BCUT2D eigenvalue weighted by molar-refractivity contribution is 0.0797. The maximum absolute atomic E-state index is 13.0. The van der Waals surface area contributed by atoms with Gasteiger partial charge in [-0.25, -0.2) is 9.18 Å². The molecule has 2 unspecified atom stereocenters. The van der Waals surface area contributed by atoms with Gasteiger partial charge in [0.15, 0.2) is 0 Å². The molecule has 5 nitrogen and oxygen atoms in total. The van der Waals surface area contributed by atoms with Gasteiger partial charge in [-0.2, -0.15) is 0 Å². The molecule has 2 fully saturated rings. The lowest BCUT2D eigenvalue weighted by atomic mass is 9.92. The number of aliphatic hydroxyl groups excluding tert-OH is 1. The summed E-state index contributed by atoms with van der Waals surface area (Å²) >= 11 is 0. The Morgan fingerprint density at radius 2 is 1.92 bits per heavy atom. The number of carbonyl (C=O) groups is 1. The molecule has 2 aliphatic heterocycles. The predicted molar refractivity (Wildman–Crippen MR) is 96.1 cm³/mol. The molecule has 2 aliphatic rings. The van der Waals surface area contributed by atoms with Gasteiger partial charge in [0.2, 0.25) is 0 Å². The van der Waals surface area contributed by atoms with Gasteiger partial charge in [-0.15, -0.1) is 0 Å². The van der Waals surface area contributed by atoms with Crippen LogP contribution in [0.1, 0.15) is 26.2 Å². The number of benzene rings is 1. The summed E-state index contributed by atoms with van der Waals surface area (Å²) in [6.07, 6.45) is 2.47. The summed E-state index contributed by atoms with van der Waals surface area (Å²) in [6, 6.07) is 6.60. The molecule has 0 saturated carbocycles. The van der Waals surface area contributed by atoms with Crippen molar-refractivity contribution in [1.29, 1.82) is 0 Å². The van der Waals surface area contributed by atoms with Crippen molar-refractivity contribution in [2.75, 3.05) is 37.6 Å². The smallest absolute Gasteiger partial charge is 0.317 e. The van der Waals surface area contributed by atoms with E-state index in [1.165, 1.54) is 12.1 Å². The third-order valence-corrected chi connectivity index (χ3v) is 5.53. The molecule has 3 rings (SSSR count). The first-order valence-corrected chi connectivity index (χ1v) is 9.24. The second-order valence-corrected chi connectivity index (χ2v) is 7.33. The van der Waals surface area contributed by atoms with Gasteiger partial charge in [0, 0.05) is 38.4 Å². The molecule has 25 heavy (non-hydrogen) atoms. The Kier molecular flexibility index (Phi) is 5.78. The molecule has 0 spiro atoms. The van der Waals surface area contributed by atoms with Gasteiger partial charge < -0.3 is 20.2 Å². The number of hydrogen-bond donors (Lipinski definition) is 2. The van der Waals surface area contributed by atoms with E-state index >= 15 is 0 Å². The summed E-state index contributed by atoms with van der Waals surface area (Å²) in [6.45, 7) is 5.75. The fourth-order valence-corrected chi connectivity index (χ4v) is 3.81. The van der Waals surface area contributed by atoms with Crippen molar-refractivity contribution in [3.8, 4) is 0 Å². The molecule has 0 bridgehead atoms.